The molecule has 2 rings (SSSR count). The van der Waals surface area contributed by atoms with Crippen molar-refractivity contribution in [3.8, 4) is 0 Å². The lowest BCUT2D eigenvalue weighted by Crippen LogP contribution is -2.28. The fourth-order valence-electron chi connectivity index (χ4n) is 1.98. The molecule has 0 radical (unpaired) electrons. The zero-order chi connectivity index (χ0) is 12.8. The monoisotopic (exact) mass is 241 g/mol. The number of nitrogen functional groups attached to an aromatic ring is 1. The molecular formula is C15H19N3. The van der Waals surface area contributed by atoms with Crippen molar-refractivity contribution in [1.29, 1.82) is 0 Å². The van der Waals surface area contributed by atoms with E-state index in [1.54, 1.807) is 0 Å². The van der Waals surface area contributed by atoms with Gasteiger partial charge < -0.3 is 16.4 Å². The highest BCUT2D eigenvalue weighted by Crippen LogP contribution is 2.19. The van der Waals surface area contributed by atoms with Crippen molar-refractivity contribution in [3.05, 3.63) is 60.2 Å². The van der Waals surface area contributed by atoms with E-state index in [9.17, 15) is 0 Å². The topological polar surface area (TPSA) is 55.3 Å². The van der Waals surface area contributed by atoms with Gasteiger partial charge in [0.2, 0.25) is 0 Å². The van der Waals surface area contributed by atoms with E-state index in [0.29, 0.717) is 6.54 Å². The van der Waals surface area contributed by atoms with Gasteiger partial charge >= 0.3 is 0 Å². The van der Waals surface area contributed by atoms with Gasteiger partial charge in [-0.2, -0.15) is 0 Å². The third-order valence-corrected chi connectivity index (χ3v) is 2.85. The molecule has 0 bridgehead atoms. The number of hydrogen-bond donors (Lipinski definition) is 2. The van der Waals surface area contributed by atoms with Crippen LogP contribution in [0, 0.1) is 0 Å². The molecule has 4 N–H and O–H groups in total. The van der Waals surface area contributed by atoms with Crippen LogP contribution in [0.5, 0.6) is 0 Å². The van der Waals surface area contributed by atoms with E-state index < -0.39 is 0 Å². The van der Waals surface area contributed by atoms with Crippen molar-refractivity contribution < 1.29 is 0 Å². The Morgan fingerprint density at radius 1 is 0.944 bits per heavy atom. The molecule has 0 atom stereocenters. The third-order valence-electron chi connectivity index (χ3n) is 2.85. The van der Waals surface area contributed by atoms with Gasteiger partial charge in [0, 0.05) is 31.0 Å². The van der Waals surface area contributed by atoms with E-state index in [-0.39, 0.29) is 0 Å². The fraction of sp³-hybridized carbons (Fsp3) is 0.200. The second-order valence-electron chi connectivity index (χ2n) is 4.29. The van der Waals surface area contributed by atoms with Crippen molar-refractivity contribution in [2.45, 2.75) is 6.54 Å². The van der Waals surface area contributed by atoms with Crippen LogP contribution in [-0.4, -0.2) is 13.1 Å². The first-order valence-electron chi connectivity index (χ1n) is 6.14. The molecule has 2 aromatic rings. The van der Waals surface area contributed by atoms with Crippen LogP contribution in [-0.2, 0) is 6.54 Å². The summed E-state index contributed by atoms with van der Waals surface area (Å²) in [7, 11) is 0. The summed E-state index contributed by atoms with van der Waals surface area (Å²) in [6.45, 7) is 2.29. The Hall–Kier alpha value is -2.00. The first kappa shape index (κ1) is 12.5. The molecule has 0 saturated carbocycles. The molecule has 94 valence electrons. The van der Waals surface area contributed by atoms with Gasteiger partial charge in [-0.25, -0.2) is 0 Å². The van der Waals surface area contributed by atoms with E-state index in [2.05, 4.69) is 35.2 Å². The fourth-order valence-corrected chi connectivity index (χ4v) is 1.98. The summed E-state index contributed by atoms with van der Waals surface area (Å²) in [6, 6.07) is 18.3. The van der Waals surface area contributed by atoms with E-state index in [1.807, 2.05) is 24.3 Å². The third kappa shape index (κ3) is 3.25. The van der Waals surface area contributed by atoms with Gasteiger partial charge in [0.15, 0.2) is 0 Å². The Balaban J connectivity index is 2.18. The molecule has 0 aliphatic rings. The zero-order valence-electron chi connectivity index (χ0n) is 10.4. The summed E-state index contributed by atoms with van der Waals surface area (Å²) in [5.74, 6) is 0. The normalized spacial score (nSPS) is 10.3. The Kier molecular flexibility index (Phi) is 4.20. The first-order valence-corrected chi connectivity index (χ1v) is 6.14. The smallest absolute Gasteiger partial charge is 0.0430 e. The summed E-state index contributed by atoms with van der Waals surface area (Å²) in [5.41, 5.74) is 14.7. The molecule has 3 nitrogen and oxygen atoms in total. The minimum atomic E-state index is 0.627. The molecule has 0 fully saturated rings. The van der Waals surface area contributed by atoms with Crippen molar-refractivity contribution in [2.75, 3.05) is 23.7 Å². The molecule has 0 heterocycles. The largest absolute Gasteiger partial charge is 0.399 e. The highest BCUT2D eigenvalue weighted by molar-refractivity contribution is 5.56. The summed E-state index contributed by atoms with van der Waals surface area (Å²) >= 11 is 0. The number of anilines is 2. The van der Waals surface area contributed by atoms with Crippen molar-refractivity contribution in [1.82, 2.24) is 0 Å². The quantitative estimate of drug-likeness (QED) is 0.789. The highest BCUT2D eigenvalue weighted by Gasteiger charge is 2.06. The number of nitrogens with zero attached hydrogens (tertiary/aromatic N) is 1. The Labute approximate surface area is 108 Å². The zero-order valence-corrected chi connectivity index (χ0v) is 10.4. The van der Waals surface area contributed by atoms with Crippen LogP contribution in [0.1, 0.15) is 5.56 Å². The maximum atomic E-state index is 5.83. The molecule has 0 aliphatic carbocycles. The molecule has 3 heteroatoms. The molecule has 0 aliphatic heterocycles. The molecular weight excluding hydrogens is 222 g/mol. The standard InChI is InChI=1S/C15H19N3/c16-9-10-18(12-13-5-2-1-3-6-13)15-8-4-7-14(17)11-15/h1-8,11H,9-10,12,16-17H2. The molecule has 18 heavy (non-hydrogen) atoms. The van der Waals surface area contributed by atoms with E-state index in [1.165, 1.54) is 5.56 Å². The first-order chi connectivity index (χ1) is 8.79. The van der Waals surface area contributed by atoms with Crippen molar-refractivity contribution in [2.24, 2.45) is 5.73 Å². The van der Waals surface area contributed by atoms with Gasteiger partial charge in [-0.1, -0.05) is 36.4 Å². The highest BCUT2D eigenvalue weighted by atomic mass is 15.1. The van der Waals surface area contributed by atoms with Crippen LogP contribution in [0.3, 0.4) is 0 Å². The van der Waals surface area contributed by atoms with Gasteiger partial charge in [0.1, 0.15) is 0 Å². The van der Waals surface area contributed by atoms with Crippen LogP contribution >= 0.6 is 0 Å². The summed E-state index contributed by atoms with van der Waals surface area (Å²) in [4.78, 5) is 2.24. The Bertz CT molecular complexity index is 482. The van der Waals surface area contributed by atoms with Crippen molar-refractivity contribution in [3.63, 3.8) is 0 Å². The van der Waals surface area contributed by atoms with Crippen LogP contribution in [0.4, 0.5) is 11.4 Å². The second kappa shape index (κ2) is 6.07. The number of benzene rings is 2. The molecule has 0 aromatic heterocycles. The van der Waals surface area contributed by atoms with Gasteiger partial charge in [-0.3, -0.25) is 0 Å². The average molecular weight is 241 g/mol. The molecule has 0 spiro atoms. The van der Waals surface area contributed by atoms with Gasteiger partial charge in [-0.05, 0) is 23.8 Å². The maximum absolute atomic E-state index is 5.83. The van der Waals surface area contributed by atoms with Crippen LogP contribution in [0.15, 0.2) is 54.6 Å². The molecule has 0 saturated heterocycles. The predicted octanol–water partition coefficient (Wildman–Crippen LogP) is 2.23. The van der Waals surface area contributed by atoms with Gasteiger partial charge in [0.25, 0.3) is 0 Å². The van der Waals surface area contributed by atoms with E-state index in [0.717, 1.165) is 24.5 Å². The number of rotatable bonds is 5. The Morgan fingerprint density at radius 3 is 2.39 bits per heavy atom. The second-order valence-corrected chi connectivity index (χ2v) is 4.29. The van der Waals surface area contributed by atoms with Gasteiger partial charge in [-0.15, -0.1) is 0 Å². The lowest BCUT2D eigenvalue weighted by Gasteiger charge is -2.24. The Morgan fingerprint density at radius 2 is 1.72 bits per heavy atom. The minimum Gasteiger partial charge on any atom is -0.399 e. The lowest BCUT2D eigenvalue weighted by atomic mass is 10.2. The van der Waals surface area contributed by atoms with Crippen LogP contribution < -0.4 is 16.4 Å². The SMILES string of the molecule is NCCN(Cc1ccccc1)c1cccc(N)c1. The number of hydrogen-bond acceptors (Lipinski definition) is 3. The van der Waals surface area contributed by atoms with E-state index in [4.69, 9.17) is 11.5 Å². The summed E-state index contributed by atoms with van der Waals surface area (Å²) in [6.07, 6.45) is 0. The van der Waals surface area contributed by atoms with Crippen LogP contribution in [0.2, 0.25) is 0 Å². The van der Waals surface area contributed by atoms with E-state index >= 15 is 0 Å². The van der Waals surface area contributed by atoms with Crippen LogP contribution in [0.25, 0.3) is 0 Å². The number of nitrogens with two attached hydrogens (primary N) is 2. The minimum absolute atomic E-state index is 0.627. The summed E-state index contributed by atoms with van der Waals surface area (Å²) < 4.78 is 0. The molecule has 2 aromatic carbocycles. The maximum Gasteiger partial charge on any atom is 0.0430 e. The summed E-state index contributed by atoms with van der Waals surface area (Å²) in [5, 5.41) is 0. The van der Waals surface area contributed by atoms with Gasteiger partial charge in [0.05, 0.1) is 0 Å². The lowest BCUT2D eigenvalue weighted by molar-refractivity contribution is 0.790. The average Bonchev–Trinajstić information content (AvgIpc) is 2.39. The van der Waals surface area contributed by atoms with Crippen molar-refractivity contribution >= 4 is 11.4 Å². The molecule has 0 amide bonds. The molecule has 0 unspecified atom stereocenters. The predicted molar refractivity (Wildman–Crippen MR) is 77.4 cm³/mol.